The Bertz CT molecular complexity index is 839. The molecule has 0 saturated carbocycles. The molecule has 0 fully saturated rings. The average molecular weight is 499 g/mol. The number of methoxy groups -OCH3 is 1. The van der Waals surface area contributed by atoms with Gasteiger partial charge in [-0.3, -0.25) is 14.5 Å². The molecule has 0 bridgehead atoms. The van der Waals surface area contributed by atoms with Crippen molar-refractivity contribution >= 4 is 29.1 Å². The molecule has 10 heteroatoms. The fourth-order valence-corrected chi connectivity index (χ4v) is 4.40. The van der Waals surface area contributed by atoms with Crippen LogP contribution in [0.3, 0.4) is 0 Å². The number of rotatable bonds is 13. The van der Waals surface area contributed by atoms with Gasteiger partial charge in [0.25, 0.3) is 0 Å². The van der Waals surface area contributed by atoms with Crippen molar-refractivity contribution in [3.8, 4) is 0 Å². The smallest absolute Gasteiger partial charge is 0.355 e. The SMILES string of the molecule is CC[C@H](C)[C@H](NC(=O)C(C)(C)N(C)C)C(=O)N(C)[C@H](C[C@@H](OC)c1nc(C(=O)O)cs1)C(C)C. The monoisotopic (exact) mass is 498 g/mol. The van der Waals surface area contributed by atoms with Gasteiger partial charge in [-0.15, -0.1) is 11.3 Å². The maximum absolute atomic E-state index is 13.7. The second kappa shape index (κ2) is 12.6. The zero-order chi connectivity index (χ0) is 26.4. The highest BCUT2D eigenvalue weighted by molar-refractivity contribution is 7.09. The van der Waals surface area contributed by atoms with Gasteiger partial charge >= 0.3 is 5.97 Å². The summed E-state index contributed by atoms with van der Waals surface area (Å²) in [5.41, 5.74) is -0.786. The number of nitrogens with one attached hydrogen (secondary N) is 1. The van der Waals surface area contributed by atoms with Crippen molar-refractivity contribution in [1.29, 1.82) is 0 Å². The Balaban J connectivity index is 3.17. The van der Waals surface area contributed by atoms with E-state index in [2.05, 4.69) is 10.3 Å². The normalized spacial score (nSPS) is 15.6. The van der Waals surface area contributed by atoms with E-state index >= 15 is 0 Å². The number of hydrogen-bond acceptors (Lipinski definition) is 7. The number of carbonyl (C=O) groups is 3. The molecule has 1 rings (SSSR count). The van der Waals surface area contributed by atoms with Crippen molar-refractivity contribution in [2.75, 3.05) is 28.3 Å². The molecular formula is C24H42N4O5S. The highest BCUT2D eigenvalue weighted by Crippen LogP contribution is 2.30. The van der Waals surface area contributed by atoms with Gasteiger partial charge in [0.05, 0.1) is 5.54 Å². The third-order valence-electron chi connectivity index (χ3n) is 6.81. The summed E-state index contributed by atoms with van der Waals surface area (Å²) in [6, 6.07) is -0.873. The number of thiazole rings is 1. The van der Waals surface area contributed by atoms with Crippen LogP contribution in [0, 0.1) is 11.8 Å². The molecule has 9 nitrogen and oxygen atoms in total. The highest BCUT2D eigenvalue weighted by atomic mass is 32.1. The van der Waals surface area contributed by atoms with E-state index in [1.54, 1.807) is 19.1 Å². The molecule has 1 aromatic rings. The van der Waals surface area contributed by atoms with Crippen molar-refractivity contribution < 1.29 is 24.2 Å². The van der Waals surface area contributed by atoms with Crippen LogP contribution in [0.2, 0.25) is 0 Å². The van der Waals surface area contributed by atoms with E-state index < -0.39 is 23.7 Å². The number of carbonyl (C=O) groups excluding carboxylic acids is 2. The molecule has 2 N–H and O–H groups in total. The van der Waals surface area contributed by atoms with Crippen LogP contribution >= 0.6 is 11.3 Å². The molecule has 0 unspecified atom stereocenters. The maximum Gasteiger partial charge on any atom is 0.355 e. The first-order valence-electron chi connectivity index (χ1n) is 11.6. The van der Waals surface area contributed by atoms with Crippen LogP contribution in [0.1, 0.15) is 76.0 Å². The van der Waals surface area contributed by atoms with E-state index in [0.29, 0.717) is 11.4 Å². The van der Waals surface area contributed by atoms with E-state index in [0.717, 1.165) is 6.42 Å². The Kier molecular flexibility index (Phi) is 11.1. The average Bonchev–Trinajstić information content (AvgIpc) is 3.26. The summed E-state index contributed by atoms with van der Waals surface area (Å²) in [5, 5.41) is 14.2. The largest absolute Gasteiger partial charge is 0.476 e. The molecule has 1 aromatic heterocycles. The van der Waals surface area contributed by atoms with E-state index in [9.17, 15) is 19.5 Å². The standard InChI is InChI=1S/C24H42N4O5S/c1-11-15(4)19(26-23(32)24(5,6)27(7)8)21(29)28(9)17(14(2)3)12-18(33-10)20-25-16(13-34-20)22(30)31/h13-15,17-19H,11-12H2,1-10H3,(H,26,32)(H,30,31)/t15-,17+,18+,19-/m0/s1. The number of aromatic nitrogens is 1. The summed E-state index contributed by atoms with van der Waals surface area (Å²) in [6.45, 7) is 11.7. The number of amides is 2. The number of carboxylic acids is 1. The fourth-order valence-electron chi connectivity index (χ4n) is 3.52. The minimum Gasteiger partial charge on any atom is -0.476 e. The summed E-state index contributed by atoms with van der Waals surface area (Å²) >= 11 is 1.23. The molecule has 0 saturated heterocycles. The third kappa shape index (κ3) is 7.23. The van der Waals surface area contributed by atoms with E-state index in [1.165, 1.54) is 16.7 Å². The van der Waals surface area contributed by atoms with Crippen LogP contribution in [-0.4, -0.2) is 83.5 Å². The molecule has 4 atom stereocenters. The van der Waals surface area contributed by atoms with Crippen LogP contribution < -0.4 is 5.32 Å². The van der Waals surface area contributed by atoms with Gasteiger partial charge in [-0.05, 0) is 39.8 Å². The van der Waals surface area contributed by atoms with Crippen molar-refractivity contribution in [2.45, 2.75) is 78.1 Å². The summed E-state index contributed by atoms with van der Waals surface area (Å²) in [7, 11) is 6.97. The highest BCUT2D eigenvalue weighted by Gasteiger charge is 2.38. The zero-order valence-electron chi connectivity index (χ0n) is 22.2. The van der Waals surface area contributed by atoms with Gasteiger partial charge in [0.15, 0.2) is 5.69 Å². The summed E-state index contributed by atoms with van der Waals surface area (Å²) in [5.74, 6) is -1.41. The van der Waals surface area contributed by atoms with Gasteiger partial charge in [0.2, 0.25) is 11.8 Å². The Morgan fingerprint density at radius 3 is 2.21 bits per heavy atom. The summed E-state index contributed by atoms with van der Waals surface area (Å²) < 4.78 is 5.65. The second-order valence-electron chi connectivity index (χ2n) is 9.89. The molecule has 1 heterocycles. The first-order valence-corrected chi connectivity index (χ1v) is 12.5. The quantitative estimate of drug-likeness (QED) is 0.429. The number of aromatic carboxylic acids is 1. The maximum atomic E-state index is 13.7. The first kappa shape index (κ1) is 30.0. The molecular weight excluding hydrogens is 456 g/mol. The second-order valence-corrected chi connectivity index (χ2v) is 10.8. The first-order chi connectivity index (χ1) is 15.7. The Labute approximate surface area is 207 Å². The predicted molar refractivity (Wildman–Crippen MR) is 134 cm³/mol. The molecule has 0 radical (unpaired) electrons. The minimum absolute atomic E-state index is 0.0179. The Hall–Kier alpha value is -2.04. The van der Waals surface area contributed by atoms with Crippen molar-refractivity contribution in [1.82, 2.24) is 20.1 Å². The van der Waals surface area contributed by atoms with Crippen LogP contribution in [0.25, 0.3) is 0 Å². The van der Waals surface area contributed by atoms with E-state index in [1.807, 2.05) is 60.5 Å². The lowest BCUT2D eigenvalue weighted by molar-refractivity contribution is -0.142. The summed E-state index contributed by atoms with van der Waals surface area (Å²) in [6.07, 6.45) is 0.731. The van der Waals surface area contributed by atoms with Crippen LogP contribution in [0.4, 0.5) is 0 Å². The lowest BCUT2D eigenvalue weighted by atomic mass is 9.92. The number of carboxylic acid groups (broad SMARTS) is 1. The minimum atomic E-state index is -1.09. The van der Waals surface area contributed by atoms with Gasteiger partial charge in [-0.25, -0.2) is 9.78 Å². The Morgan fingerprint density at radius 2 is 1.79 bits per heavy atom. The molecule has 0 aliphatic carbocycles. The van der Waals surface area contributed by atoms with Crippen LogP contribution in [-0.2, 0) is 14.3 Å². The molecule has 194 valence electrons. The number of likely N-dealkylation sites (N-methyl/N-ethyl adjacent to an activating group) is 2. The van der Waals surface area contributed by atoms with Gasteiger partial charge in [-0.1, -0.05) is 34.1 Å². The lowest BCUT2D eigenvalue weighted by Gasteiger charge is -2.38. The van der Waals surface area contributed by atoms with Crippen molar-refractivity contribution in [2.24, 2.45) is 11.8 Å². The van der Waals surface area contributed by atoms with Gasteiger partial charge in [0, 0.05) is 32.0 Å². The van der Waals surface area contributed by atoms with Crippen LogP contribution in [0.15, 0.2) is 5.38 Å². The number of hydrogen-bond donors (Lipinski definition) is 2. The lowest BCUT2D eigenvalue weighted by Crippen LogP contribution is -2.60. The number of ether oxygens (including phenoxy) is 1. The van der Waals surface area contributed by atoms with E-state index in [4.69, 9.17) is 4.74 Å². The van der Waals surface area contributed by atoms with Gasteiger partial charge < -0.3 is 20.1 Å². The summed E-state index contributed by atoms with van der Waals surface area (Å²) in [4.78, 5) is 45.7. The fraction of sp³-hybridized carbons (Fsp3) is 0.750. The number of nitrogens with zero attached hydrogens (tertiary/aromatic N) is 3. The Morgan fingerprint density at radius 1 is 1.21 bits per heavy atom. The third-order valence-corrected chi connectivity index (χ3v) is 7.75. The molecule has 34 heavy (non-hydrogen) atoms. The zero-order valence-corrected chi connectivity index (χ0v) is 23.0. The molecule has 2 amide bonds. The van der Waals surface area contributed by atoms with Crippen molar-refractivity contribution in [3.63, 3.8) is 0 Å². The van der Waals surface area contributed by atoms with Gasteiger partial charge in [-0.2, -0.15) is 0 Å². The van der Waals surface area contributed by atoms with E-state index in [-0.39, 0.29) is 35.4 Å². The van der Waals surface area contributed by atoms with Crippen molar-refractivity contribution in [3.05, 3.63) is 16.1 Å². The molecule has 0 aliphatic rings. The van der Waals surface area contributed by atoms with Crippen LogP contribution in [0.5, 0.6) is 0 Å². The van der Waals surface area contributed by atoms with Gasteiger partial charge in [0.1, 0.15) is 17.2 Å². The predicted octanol–water partition coefficient (Wildman–Crippen LogP) is 3.27. The topological polar surface area (TPSA) is 112 Å². The molecule has 0 spiro atoms. The molecule has 0 aromatic carbocycles. The molecule has 0 aliphatic heterocycles.